The molecule has 0 saturated carbocycles. The Bertz CT molecular complexity index is 1160. The molecule has 1 heterocycles. The van der Waals surface area contributed by atoms with Gasteiger partial charge in [0.25, 0.3) is 0 Å². The van der Waals surface area contributed by atoms with E-state index >= 15 is 0 Å². The summed E-state index contributed by atoms with van der Waals surface area (Å²) in [7, 11) is -4.12. The van der Waals surface area contributed by atoms with Crippen LogP contribution in [0.4, 0.5) is 18.9 Å². The zero-order chi connectivity index (χ0) is 22.6. The summed E-state index contributed by atoms with van der Waals surface area (Å²) >= 11 is 0. The number of hydrogen-bond acceptors (Lipinski definition) is 6. The first-order valence-electron chi connectivity index (χ1n) is 8.66. The second-order valence-electron chi connectivity index (χ2n) is 6.20. The number of rotatable bonds is 6. The number of alkyl halides is 3. The number of halogens is 3. The smallest absolute Gasteiger partial charge is 0.417 e. The van der Waals surface area contributed by atoms with Crippen molar-refractivity contribution in [3.05, 3.63) is 72.4 Å². The third kappa shape index (κ3) is 5.95. The molecule has 1 N–H and O–H groups in total. The molecule has 0 fully saturated rings. The molecule has 0 aliphatic heterocycles. The van der Waals surface area contributed by atoms with Crippen LogP contribution >= 0.6 is 0 Å². The predicted molar refractivity (Wildman–Crippen MR) is 104 cm³/mol. The molecule has 1 aromatic heterocycles. The summed E-state index contributed by atoms with van der Waals surface area (Å²) < 4.78 is 72.8. The molecular weight excluding hydrogens is 437 g/mol. The molecule has 11 heteroatoms. The van der Waals surface area contributed by atoms with E-state index in [-0.39, 0.29) is 28.2 Å². The summed E-state index contributed by atoms with van der Waals surface area (Å²) in [4.78, 5) is 14.5. The van der Waals surface area contributed by atoms with Crippen molar-refractivity contribution in [2.45, 2.75) is 18.0 Å². The van der Waals surface area contributed by atoms with E-state index in [0.29, 0.717) is 11.9 Å². The van der Waals surface area contributed by atoms with Gasteiger partial charge in [-0.1, -0.05) is 0 Å². The molecule has 1 amide bonds. The van der Waals surface area contributed by atoms with Crippen molar-refractivity contribution in [1.82, 2.24) is 4.98 Å². The van der Waals surface area contributed by atoms with Gasteiger partial charge in [-0.05, 0) is 54.6 Å². The Kier molecular flexibility index (Phi) is 6.16. The maximum atomic E-state index is 12.6. The van der Waals surface area contributed by atoms with E-state index < -0.39 is 21.9 Å². The largest absolute Gasteiger partial charge is 0.439 e. The number of carbonyl (C=O) groups excluding carboxylic acids is 1. The fourth-order valence-corrected chi connectivity index (χ4v) is 3.31. The number of pyridine rings is 1. The standard InChI is InChI=1S/C20H15F3N2O5S/c1-13(26)25-15-3-9-18(10-4-15)31(27,28)30-17-7-5-16(6-8-17)29-19-11-2-14(12-24-19)20(21,22)23/h2-12H,1H3,(H,25,26). The van der Waals surface area contributed by atoms with E-state index in [1.807, 2.05) is 0 Å². The number of aromatic nitrogens is 1. The monoisotopic (exact) mass is 452 g/mol. The maximum absolute atomic E-state index is 12.6. The van der Waals surface area contributed by atoms with Crippen molar-refractivity contribution in [1.29, 1.82) is 0 Å². The van der Waals surface area contributed by atoms with Gasteiger partial charge in [0, 0.05) is 24.9 Å². The number of nitrogens with zero attached hydrogens (tertiary/aromatic N) is 1. The lowest BCUT2D eigenvalue weighted by molar-refractivity contribution is -0.137. The summed E-state index contributed by atoms with van der Waals surface area (Å²) in [6, 6.07) is 12.7. The van der Waals surface area contributed by atoms with Gasteiger partial charge in [0.1, 0.15) is 16.4 Å². The molecule has 31 heavy (non-hydrogen) atoms. The van der Waals surface area contributed by atoms with Crippen LogP contribution in [0.15, 0.2) is 71.8 Å². The van der Waals surface area contributed by atoms with Crippen LogP contribution < -0.4 is 14.2 Å². The number of ether oxygens (including phenoxy) is 1. The van der Waals surface area contributed by atoms with Gasteiger partial charge in [0.05, 0.1) is 5.56 Å². The molecule has 0 bridgehead atoms. The predicted octanol–water partition coefficient (Wildman–Crippen LogP) is 4.62. The zero-order valence-corrected chi connectivity index (χ0v) is 16.7. The van der Waals surface area contributed by atoms with Gasteiger partial charge in [-0.15, -0.1) is 0 Å². The number of carbonyl (C=O) groups is 1. The van der Waals surface area contributed by atoms with Crippen LogP contribution in [-0.2, 0) is 21.1 Å². The van der Waals surface area contributed by atoms with Crippen molar-refractivity contribution in [3.63, 3.8) is 0 Å². The topological polar surface area (TPSA) is 94.6 Å². The fourth-order valence-electron chi connectivity index (χ4n) is 2.38. The summed E-state index contributed by atoms with van der Waals surface area (Å²) in [5.74, 6) is -0.135. The van der Waals surface area contributed by atoms with E-state index in [0.717, 1.165) is 12.1 Å². The summed E-state index contributed by atoms with van der Waals surface area (Å²) in [5, 5.41) is 2.52. The molecule has 7 nitrogen and oxygen atoms in total. The van der Waals surface area contributed by atoms with E-state index in [1.54, 1.807) is 0 Å². The van der Waals surface area contributed by atoms with E-state index in [4.69, 9.17) is 8.92 Å². The van der Waals surface area contributed by atoms with Crippen LogP contribution in [0.25, 0.3) is 0 Å². The average Bonchev–Trinajstić information content (AvgIpc) is 2.69. The highest BCUT2D eigenvalue weighted by atomic mass is 32.2. The van der Waals surface area contributed by atoms with Gasteiger partial charge < -0.3 is 14.2 Å². The van der Waals surface area contributed by atoms with Gasteiger partial charge in [-0.3, -0.25) is 4.79 Å². The Morgan fingerprint density at radius 1 is 0.935 bits per heavy atom. The lowest BCUT2D eigenvalue weighted by Gasteiger charge is -2.10. The highest BCUT2D eigenvalue weighted by Gasteiger charge is 2.30. The highest BCUT2D eigenvalue weighted by molar-refractivity contribution is 7.87. The summed E-state index contributed by atoms with van der Waals surface area (Å²) in [6.07, 6.45) is -3.85. The number of hydrogen-bond donors (Lipinski definition) is 1. The van der Waals surface area contributed by atoms with Gasteiger partial charge >= 0.3 is 16.3 Å². The molecule has 0 unspecified atom stereocenters. The van der Waals surface area contributed by atoms with E-state index in [2.05, 4.69) is 10.3 Å². The van der Waals surface area contributed by atoms with Crippen LogP contribution in [0.5, 0.6) is 17.4 Å². The minimum absolute atomic E-state index is 0.00124. The Hall–Kier alpha value is -3.60. The van der Waals surface area contributed by atoms with E-state index in [9.17, 15) is 26.4 Å². The van der Waals surface area contributed by atoms with Gasteiger partial charge in [-0.2, -0.15) is 21.6 Å². The molecule has 2 aromatic carbocycles. The van der Waals surface area contributed by atoms with Crippen molar-refractivity contribution in [2.75, 3.05) is 5.32 Å². The van der Waals surface area contributed by atoms with Crippen molar-refractivity contribution in [3.8, 4) is 17.4 Å². The summed E-state index contributed by atoms with van der Waals surface area (Å²) in [6.45, 7) is 1.33. The molecule has 162 valence electrons. The number of nitrogens with one attached hydrogen (secondary N) is 1. The minimum Gasteiger partial charge on any atom is -0.439 e. The van der Waals surface area contributed by atoms with E-state index in [1.165, 1.54) is 55.5 Å². The molecule has 0 aliphatic rings. The Balaban J connectivity index is 1.66. The molecule has 0 spiro atoms. The second-order valence-corrected chi connectivity index (χ2v) is 7.75. The van der Waals surface area contributed by atoms with Crippen LogP contribution in [0.1, 0.15) is 12.5 Å². The normalized spacial score (nSPS) is 11.6. The molecule has 0 radical (unpaired) electrons. The third-order valence-corrected chi connectivity index (χ3v) is 5.04. The minimum atomic E-state index is -4.50. The molecule has 0 aliphatic carbocycles. The molecule has 0 atom stereocenters. The first kappa shape index (κ1) is 22.1. The van der Waals surface area contributed by atoms with Crippen LogP contribution in [-0.4, -0.2) is 19.3 Å². The van der Waals surface area contributed by atoms with Gasteiger partial charge in [0.2, 0.25) is 11.8 Å². The second kappa shape index (κ2) is 8.64. The Morgan fingerprint density at radius 3 is 2.06 bits per heavy atom. The lowest BCUT2D eigenvalue weighted by Crippen LogP contribution is -2.10. The SMILES string of the molecule is CC(=O)Nc1ccc(S(=O)(=O)Oc2ccc(Oc3ccc(C(F)(F)F)cn3)cc2)cc1. The number of anilines is 1. The highest BCUT2D eigenvalue weighted by Crippen LogP contribution is 2.30. The number of benzene rings is 2. The molecule has 3 rings (SSSR count). The van der Waals surface area contributed by atoms with Crippen LogP contribution in [0.2, 0.25) is 0 Å². The fraction of sp³-hybridized carbons (Fsp3) is 0.100. The van der Waals surface area contributed by atoms with Gasteiger partial charge in [0.15, 0.2) is 0 Å². The summed E-state index contributed by atoms with van der Waals surface area (Å²) in [5.41, 5.74) is -0.469. The Labute approximate surface area is 175 Å². The van der Waals surface area contributed by atoms with Crippen LogP contribution in [0.3, 0.4) is 0 Å². The van der Waals surface area contributed by atoms with Gasteiger partial charge in [-0.25, -0.2) is 4.98 Å². The Morgan fingerprint density at radius 2 is 1.55 bits per heavy atom. The molecular formula is C20H15F3N2O5S. The third-order valence-electron chi connectivity index (χ3n) is 3.78. The van der Waals surface area contributed by atoms with Crippen molar-refractivity contribution in [2.24, 2.45) is 0 Å². The number of amides is 1. The molecule has 3 aromatic rings. The quantitative estimate of drug-likeness (QED) is 0.549. The first-order valence-corrected chi connectivity index (χ1v) is 10.1. The van der Waals surface area contributed by atoms with Crippen LogP contribution in [0, 0.1) is 0 Å². The van der Waals surface area contributed by atoms with Crippen molar-refractivity contribution >= 4 is 21.7 Å². The first-order chi connectivity index (χ1) is 14.5. The maximum Gasteiger partial charge on any atom is 0.417 e. The lowest BCUT2D eigenvalue weighted by atomic mass is 10.3. The zero-order valence-electron chi connectivity index (χ0n) is 15.9. The average molecular weight is 452 g/mol. The molecule has 0 saturated heterocycles. The van der Waals surface area contributed by atoms with Crippen molar-refractivity contribution < 1.29 is 35.3 Å².